The maximum atomic E-state index is 4.74. The topological polar surface area (TPSA) is 74.7 Å². The SMILES string of the molecule is Cn1cc(CNC2CCN(c3nc4ccccc4[nH]3)CC2)c(-c2ccncc2)n1. The van der Waals surface area contributed by atoms with E-state index in [2.05, 4.69) is 43.6 Å². The summed E-state index contributed by atoms with van der Waals surface area (Å²) < 4.78 is 1.89. The molecule has 0 bridgehead atoms. The molecule has 0 radical (unpaired) electrons. The molecule has 1 fully saturated rings. The molecule has 1 aliphatic heterocycles. The van der Waals surface area contributed by atoms with E-state index in [-0.39, 0.29) is 0 Å². The molecule has 0 spiro atoms. The van der Waals surface area contributed by atoms with Crippen LogP contribution < -0.4 is 10.2 Å². The van der Waals surface area contributed by atoms with E-state index in [4.69, 9.17) is 4.98 Å². The summed E-state index contributed by atoms with van der Waals surface area (Å²) in [5, 5.41) is 8.38. The Morgan fingerprint density at radius 2 is 1.90 bits per heavy atom. The average molecular weight is 387 g/mol. The van der Waals surface area contributed by atoms with E-state index >= 15 is 0 Å². The monoisotopic (exact) mass is 387 g/mol. The van der Waals surface area contributed by atoms with Crippen LogP contribution in [0, 0.1) is 0 Å². The van der Waals surface area contributed by atoms with Gasteiger partial charge in [0, 0.05) is 62.4 Å². The molecule has 0 saturated carbocycles. The zero-order valence-electron chi connectivity index (χ0n) is 16.5. The maximum Gasteiger partial charge on any atom is 0.203 e. The number of piperidine rings is 1. The number of hydrogen-bond acceptors (Lipinski definition) is 5. The van der Waals surface area contributed by atoms with E-state index in [1.54, 1.807) is 0 Å². The summed E-state index contributed by atoms with van der Waals surface area (Å²) in [5.74, 6) is 0.983. The zero-order chi connectivity index (χ0) is 19.6. The molecule has 7 nitrogen and oxygen atoms in total. The number of H-pyrrole nitrogens is 1. The summed E-state index contributed by atoms with van der Waals surface area (Å²) in [6.45, 7) is 2.82. The summed E-state index contributed by atoms with van der Waals surface area (Å²) in [4.78, 5) is 14.6. The van der Waals surface area contributed by atoms with Crippen LogP contribution in [-0.2, 0) is 13.6 Å². The van der Waals surface area contributed by atoms with Gasteiger partial charge in [0.15, 0.2) is 0 Å². The Labute approximate surface area is 169 Å². The number of aromatic amines is 1. The first-order chi connectivity index (χ1) is 14.3. The number of imidazole rings is 1. The van der Waals surface area contributed by atoms with Crippen LogP contribution >= 0.6 is 0 Å². The molecule has 4 aromatic rings. The van der Waals surface area contributed by atoms with Gasteiger partial charge in [-0.25, -0.2) is 4.98 Å². The molecular formula is C22H25N7. The van der Waals surface area contributed by atoms with Gasteiger partial charge in [-0.3, -0.25) is 9.67 Å². The summed E-state index contributed by atoms with van der Waals surface area (Å²) in [7, 11) is 1.97. The summed E-state index contributed by atoms with van der Waals surface area (Å²) >= 11 is 0. The Morgan fingerprint density at radius 1 is 1.10 bits per heavy atom. The Kier molecular flexibility index (Phi) is 4.73. The van der Waals surface area contributed by atoms with Crippen LogP contribution in [0.2, 0.25) is 0 Å². The number of nitrogens with zero attached hydrogens (tertiary/aromatic N) is 5. The van der Waals surface area contributed by atoms with Crippen LogP contribution in [0.4, 0.5) is 5.95 Å². The molecule has 1 saturated heterocycles. The number of hydrogen-bond donors (Lipinski definition) is 2. The molecular weight excluding hydrogens is 362 g/mol. The molecule has 0 aliphatic carbocycles. The highest BCUT2D eigenvalue weighted by Gasteiger charge is 2.21. The molecule has 0 unspecified atom stereocenters. The fraction of sp³-hybridized carbons (Fsp3) is 0.318. The van der Waals surface area contributed by atoms with Crippen molar-refractivity contribution in [1.29, 1.82) is 0 Å². The van der Waals surface area contributed by atoms with E-state index in [9.17, 15) is 0 Å². The third-order valence-corrected chi connectivity index (χ3v) is 5.61. The molecule has 3 aromatic heterocycles. The Balaban J connectivity index is 1.21. The van der Waals surface area contributed by atoms with Gasteiger partial charge in [0.25, 0.3) is 0 Å². The average Bonchev–Trinajstić information content (AvgIpc) is 3.36. The van der Waals surface area contributed by atoms with E-state index in [0.717, 1.165) is 60.7 Å². The van der Waals surface area contributed by atoms with E-state index < -0.39 is 0 Å². The number of para-hydroxylation sites is 2. The van der Waals surface area contributed by atoms with Crippen LogP contribution in [0.5, 0.6) is 0 Å². The van der Waals surface area contributed by atoms with Gasteiger partial charge in [0.1, 0.15) is 0 Å². The van der Waals surface area contributed by atoms with Crippen molar-refractivity contribution in [2.75, 3.05) is 18.0 Å². The third-order valence-electron chi connectivity index (χ3n) is 5.61. The number of aromatic nitrogens is 5. The predicted molar refractivity (Wildman–Crippen MR) is 115 cm³/mol. The summed E-state index contributed by atoms with van der Waals surface area (Å²) in [6.07, 6.45) is 7.93. The number of pyridine rings is 1. The zero-order valence-corrected chi connectivity index (χ0v) is 16.5. The summed E-state index contributed by atoms with van der Waals surface area (Å²) in [5.41, 5.74) is 5.49. The highest BCUT2D eigenvalue weighted by molar-refractivity contribution is 5.77. The smallest absolute Gasteiger partial charge is 0.203 e. The highest BCUT2D eigenvalue weighted by Crippen LogP contribution is 2.23. The van der Waals surface area contributed by atoms with Gasteiger partial charge in [-0.2, -0.15) is 5.10 Å². The molecule has 0 amide bonds. The molecule has 148 valence electrons. The van der Waals surface area contributed by atoms with Gasteiger partial charge >= 0.3 is 0 Å². The molecule has 1 aliphatic rings. The number of benzene rings is 1. The van der Waals surface area contributed by atoms with Crippen molar-refractivity contribution in [1.82, 2.24) is 30.0 Å². The maximum absolute atomic E-state index is 4.74. The van der Waals surface area contributed by atoms with E-state index in [1.165, 1.54) is 5.56 Å². The van der Waals surface area contributed by atoms with Gasteiger partial charge in [0.05, 0.1) is 16.7 Å². The molecule has 29 heavy (non-hydrogen) atoms. The number of rotatable bonds is 5. The van der Waals surface area contributed by atoms with E-state index in [0.29, 0.717) is 6.04 Å². The Hall–Kier alpha value is -3.19. The minimum absolute atomic E-state index is 0.501. The first-order valence-corrected chi connectivity index (χ1v) is 10.1. The van der Waals surface area contributed by atoms with Crippen molar-refractivity contribution < 1.29 is 0 Å². The second kappa shape index (κ2) is 7.67. The molecule has 7 heteroatoms. The van der Waals surface area contributed by atoms with Gasteiger partial charge in [-0.15, -0.1) is 0 Å². The highest BCUT2D eigenvalue weighted by atomic mass is 15.3. The van der Waals surface area contributed by atoms with Crippen molar-refractivity contribution in [3.05, 3.63) is 60.6 Å². The molecule has 4 heterocycles. The van der Waals surface area contributed by atoms with Crippen molar-refractivity contribution in [3.8, 4) is 11.3 Å². The molecule has 2 N–H and O–H groups in total. The van der Waals surface area contributed by atoms with Crippen LogP contribution in [0.25, 0.3) is 22.3 Å². The first-order valence-electron chi connectivity index (χ1n) is 10.1. The number of anilines is 1. The molecule has 1 aromatic carbocycles. The van der Waals surface area contributed by atoms with Crippen molar-refractivity contribution in [2.45, 2.75) is 25.4 Å². The van der Waals surface area contributed by atoms with Crippen molar-refractivity contribution >= 4 is 17.0 Å². The van der Waals surface area contributed by atoms with Gasteiger partial charge in [-0.1, -0.05) is 12.1 Å². The lowest BCUT2D eigenvalue weighted by Crippen LogP contribution is -2.42. The number of nitrogens with one attached hydrogen (secondary N) is 2. The predicted octanol–water partition coefficient (Wildman–Crippen LogP) is 3.12. The van der Waals surface area contributed by atoms with Crippen LogP contribution in [-0.4, -0.2) is 43.9 Å². The van der Waals surface area contributed by atoms with Crippen LogP contribution in [0.3, 0.4) is 0 Å². The quantitative estimate of drug-likeness (QED) is 0.550. The van der Waals surface area contributed by atoms with Gasteiger partial charge in [0.2, 0.25) is 5.95 Å². The van der Waals surface area contributed by atoms with Crippen molar-refractivity contribution in [3.63, 3.8) is 0 Å². The Bertz CT molecular complexity index is 1060. The van der Waals surface area contributed by atoms with Gasteiger partial charge in [-0.05, 0) is 37.1 Å². The Morgan fingerprint density at radius 3 is 2.69 bits per heavy atom. The fourth-order valence-corrected chi connectivity index (χ4v) is 4.06. The number of aryl methyl sites for hydroxylation is 1. The van der Waals surface area contributed by atoms with E-state index in [1.807, 2.05) is 48.4 Å². The van der Waals surface area contributed by atoms with Crippen molar-refractivity contribution in [2.24, 2.45) is 7.05 Å². The lowest BCUT2D eigenvalue weighted by molar-refractivity contribution is 0.412. The molecule has 0 atom stereocenters. The van der Waals surface area contributed by atoms with Gasteiger partial charge < -0.3 is 15.2 Å². The van der Waals surface area contributed by atoms with Crippen LogP contribution in [0.1, 0.15) is 18.4 Å². The van der Waals surface area contributed by atoms with Crippen LogP contribution in [0.15, 0.2) is 55.0 Å². The first kappa shape index (κ1) is 17.9. The normalized spacial score (nSPS) is 15.3. The summed E-state index contributed by atoms with van der Waals surface area (Å²) in [6, 6.07) is 12.7. The number of fused-ring (bicyclic) bond motifs is 1. The second-order valence-electron chi connectivity index (χ2n) is 7.63. The minimum Gasteiger partial charge on any atom is -0.342 e. The lowest BCUT2D eigenvalue weighted by atomic mass is 10.0. The lowest BCUT2D eigenvalue weighted by Gasteiger charge is -2.32. The molecule has 5 rings (SSSR count). The standard InChI is InChI=1S/C22H25N7/c1-28-15-17(21(27-28)16-6-10-23-11-7-16)14-24-18-8-12-29(13-9-18)22-25-19-4-2-3-5-20(19)26-22/h2-7,10-11,15,18,24H,8-9,12-14H2,1H3,(H,25,26). The second-order valence-corrected chi connectivity index (χ2v) is 7.63. The minimum atomic E-state index is 0.501. The fourth-order valence-electron chi connectivity index (χ4n) is 4.06. The third kappa shape index (κ3) is 3.73. The largest absolute Gasteiger partial charge is 0.342 e.